The van der Waals surface area contributed by atoms with Crippen molar-refractivity contribution in [3.8, 4) is 0 Å². The SMILES string of the molecule is CC(CN(C)S(=O)(=O)c1c(Br)nnn1C)C(N)=NO. The van der Waals surface area contributed by atoms with E-state index < -0.39 is 15.9 Å². The van der Waals surface area contributed by atoms with Gasteiger partial charge in [0.1, 0.15) is 5.84 Å². The maximum atomic E-state index is 12.3. The molecule has 0 aliphatic heterocycles. The van der Waals surface area contributed by atoms with E-state index in [0.717, 1.165) is 8.99 Å². The van der Waals surface area contributed by atoms with Crippen LogP contribution in [0.5, 0.6) is 0 Å². The van der Waals surface area contributed by atoms with Crippen molar-refractivity contribution in [3.63, 3.8) is 0 Å². The monoisotopic (exact) mass is 354 g/mol. The minimum atomic E-state index is -3.76. The Morgan fingerprint density at radius 3 is 2.68 bits per heavy atom. The highest BCUT2D eigenvalue weighted by Crippen LogP contribution is 2.21. The molecule has 1 aromatic heterocycles. The first-order valence-electron chi connectivity index (χ1n) is 5.20. The first-order valence-corrected chi connectivity index (χ1v) is 7.44. The van der Waals surface area contributed by atoms with E-state index >= 15 is 0 Å². The van der Waals surface area contributed by atoms with Crippen molar-refractivity contribution in [3.05, 3.63) is 4.60 Å². The van der Waals surface area contributed by atoms with E-state index in [1.807, 2.05) is 0 Å². The highest BCUT2D eigenvalue weighted by molar-refractivity contribution is 9.10. The van der Waals surface area contributed by atoms with Crippen molar-refractivity contribution >= 4 is 31.8 Å². The third-order valence-corrected chi connectivity index (χ3v) is 5.26. The van der Waals surface area contributed by atoms with Crippen LogP contribution in [0.1, 0.15) is 6.92 Å². The van der Waals surface area contributed by atoms with E-state index in [9.17, 15) is 8.42 Å². The average Bonchev–Trinajstić information content (AvgIpc) is 2.68. The molecule has 0 aliphatic rings. The second-order valence-corrected chi connectivity index (χ2v) is 6.73. The van der Waals surface area contributed by atoms with Crippen molar-refractivity contribution in [1.29, 1.82) is 0 Å². The van der Waals surface area contributed by atoms with Crippen molar-refractivity contribution < 1.29 is 13.6 Å². The zero-order valence-corrected chi connectivity index (χ0v) is 13.1. The van der Waals surface area contributed by atoms with Crippen LogP contribution in [0.15, 0.2) is 14.8 Å². The number of aryl methyl sites for hydroxylation is 1. The summed E-state index contributed by atoms with van der Waals surface area (Å²) in [6, 6.07) is 0. The van der Waals surface area contributed by atoms with Gasteiger partial charge in [-0.2, -0.15) is 4.31 Å². The van der Waals surface area contributed by atoms with Crippen molar-refractivity contribution in [1.82, 2.24) is 19.3 Å². The summed E-state index contributed by atoms with van der Waals surface area (Å²) in [6.45, 7) is 1.72. The predicted octanol–water partition coefficient (Wildman–Crippen LogP) is -0.419. The first kappa shape index (κ1) is 15.9. The standard InChI is InChI=1S/C8H15BrN6O3S/c1-5(7(10)12-16)4-14(2)19(17,18)8-6(9)11-13-15(8)3/h5,16H,4H2,1-3H3,(H2,10,12). The van der Waals surface area contributed by atoms with E-state index in [1.54, 1.807) is 6.92 Å². The largest absolute Gasteiger partial charge is 0.409 e. The van der Waals surface area contributed by atoms with Gasteiger partial charge in [0, 0.05) is 26.6 Å². The number of oxime groups is 1. The molecule has 9 nitrogen and oxygen atoms in total. The molecule has 11 heteroatoms. The number of nitrogens with two attached hydrogens (primary N) is 1. The number of sulfonamides is 1. The molecule has 19 heavy (non-hydrogen) atoms. The second-order valence-electron chi connectivity index (χ2n) is 4.02. The lowest BCUT2D eigenvalue weighted by molar-refractivity contribution is 0.312. The van der Waals surface area contributed by atoms with Gasteiger partial charge in [0.2, 0.25) is 5.03 Å². The van der Waals surface area contributed by atoms with Crippen molar-refractivity contribution in [2.24, 2.45) is 23.9 Å². The molecular formula is C8H15BrN6O3S. The molecule has 1 heterocycles. The number of rotatable bonds is 5. The highest BCUT2D eigenvalue weighted by Gasteiger charge is 2.29. The molecule has 0 bridgehead atoms. The molecular weight excluding hydrogens is 340 g/mol. The number of aromatic nitrogens is 3. The third-order valence-electron chi connectivity index (χ3n) is 2.54. The Kier molecular flexibility index (Phi) is 4.87. The van der Waals surface area contributed by atoms with Crippen LogP contribution in [0.4, 0.5) is 0 Å². The molecule has 0 aromatic carbocycles. The summed E-state index contributed by atoms with van der Waals surface area (Å²) in [5.74, 6) is -0.464. The van der Waals surface area contributed by atoms with Gasteiger partial charge < -0.3 is 10.9 Å². The molecule has 0 radical (unpaired) electrons. The number of nitrogens with zero attached hydrogens (tertiary/aromatic N) is 5. The molecule has 0 spiro atoms. The quantitative estimate of drug-likeness (QED) is 0.320. The van der Waals surface area contributed by atoms with Crippen LogP contribution in [-0.2, 0) is 17.1 Å². The van der Waals surface area contributed by atoms with Crippen LogP contribution in [0.3, 0.4) is 0 Å². The molecule has 0 amide bonds. The number of hydrogen-bond donors (Lipinski definition) is 2. The summed E-state index contributed by atoms with van der Waals surface area (Å²) in [5.41, 5.74) is 5.43. The Morgan fingerprint density at radius 2 is 2.26 bits per heavy atom. The molecule has 1 aromatic rings. The third kappa shape index (κ3) is 3.22. The van der Waals surface area contributed by atoms with Gasteiger partial charge in [-0.1, -0.05) is 17.3 Å². The first-order chi connectivity index (χ1) is 8.71. The fraction of sp³-hybridized carbons (Fsp3) is 0.625. The number of halogens is 1. The molecule has 0 fully saturated rings. The molecule has 0 saturated carbocycles. The maximum Gasteiger partial charge on any atom is 0.262 e. The Labute approximate surface area is 119 Å². The van der Waals surface area contributed by atoms with Crippen molar-refractivity contribution in [2.45, 2.75) is 11.9 Å². The van der Waals surface area contributed by atoms with Gasteiger partial charge in [-0.25, -0.2) is 13.1 Å². The van der Waals surface area contributed by atoms with Gasteiger partial charge in [-0.15, -0.1) is 5.10 Å². The van der Waals surface area contributed by atoms with Gasteiger partial charge in [-0.3, -0.25) is 0 Å². The molecule has 0 saturated heterocycles. The summed E-state index contributed by atoms with van der Waals surface area (Å²) in [4.78, 5) is 0. The molecule has 1 atom stereocenters. The van der Waals surface area contributed by atoms with Crippen LogP contribution in [0, 0.1) is 5.92 Å². The van der Waals surface area contributed by atoms with Crippen LogP contribution >= 0.6 is 15.9 Å². The fourth-order valence-corrected chi connectivity index (χ4v) is 3.70. The van der Waals surface area contributed by atoms with Gasteiger partial charge in [0.25, 0.3) is 10.0 Å². The Morgan fingerprint density at radius 1 is 1.68 bits per heavy atom. The van der Waals surface area contributed by atoms with Crippen LogP contribution in [0.25, 0.3) is 0 Å². The van der Waals surface area contributed by atoms with E-state index in [-0.39, 0.29) is 22.0 Å². The summed E-state index contributed by atoms with van der Waals surface area (Å²) in [6.07, 6.45) is 0. The highest BCUT2D eigenvalue weighted by atomic mass is 79.9. The van der Waals surface area contributed by atoms with Gasteiger partial charge in [0.15, 0.2) is 4.60 Å². The van der Waals surface area contributed by atoms with Gasteiger partial charge in [0.05, 0.1) is 0 Å². The smallest absolute Gasteiger partial charge is 0.262 e. The normalized spacial score (nSPS) is 14.9. The Balaban J connectivity index is 3.02. The predicted molar refractivity (Wildman–Crippen MR) is 71.1 cm³/mol. The maximum absolute atomic E-state index is 12.3. The van der Waals surface area contributed by atoms with E-state index in [0.29, 0.717) is 0 Å². The van der Waals surface area contributed by atoms with Crippen LogP contribution in [0.2, 0.25) is 0 Å². The lowest BCUT2D eigenvalue weighted by Crippen LogP contribution is -2.37. The summed E-state index contributed by atoms with van der Waals surface area (Å²) >= 11 is 3.04. The minimum Gasteiger partial charge on any atom is -0.409 e. The zero-order chi connectivity index (χ0) is 14.8. The summed E-state index contributed by atoms with van der Waals surface area (Å²) in [5, 5.41) is 18.6. The van der Waals surface area contributed by atoms with Crippen LogP contribution < -0.4 is 5.73 Å². The Bertz CT molecular complexity index is 564. The second kappa shape index (κ2) is 5.84. The molecule has 3 N–H and O–H groups in total. The number of amidine groups is 1. The number of hydrogen-bond acceptors (Lipinski definition) is 6. The van der Waals surface area contributed by atoms with E-state index in [2.05, 4.69) is 31.4 Å². The van der Waals surface area contributed by atoms with Crippen molar-refractivity contribution in [2.75, 3.05) is 13.6 Å². The zero-order valence-electron chi connectivity index (χ0n) is 10.6. The average molecular weight is 355 g/mol. The van der Waals surface area contributed by atoms with Gasteiger partial charge in [-0.05, 0) is 15.9 Å². The molecule has 108 valence electrons. The van der Waals surface area contributed by atoms with Gasteiger partial charge >= 0.3 is 0 Å². The fourth-order valence-electron chi connectivity index (χ4n) is 1.42. The lowest BCUT2D eigenvalue weighted by Gasteiger charge is -2.20. The molecule has 1 unspecified atom stereocenters. The van der Waals surface area contributed by atoms with E-state index in [4.69, 9.17) is 10.9 Å². The van der Waals surface area contributed by atoms with Crippen LogP contribution in [-0.4, -0.2) is 52.4 Å². The lowest BCUT2D eigenvalue weighted by atomic mass is 10.2. The summed E-state index contributed by atoms with van der Waals surface area (Å²) in [7, 11) is -0.885. The minimum absolute atomic E-state index is 0.0377. The Hall–Kier alpha value is -1.20. The molecule has 1 rings (SSSR count). The van der Waals surface area contributed by atoms with E-state index in [1.165, 1.54) is 14.1 Å². The summed E-state index contributed by atoms with van der Waals surface area (Å²) < 4.78 is 27.1. The molecule has 0 aliphatic carbocycles. The topological polar surface area (TPSA) is 127 Å².